The fourth-order valence-corrected chi connectivity index (χ4v) is 1.69. The molecule has 0 saturated heterocycles. The lowest BCUT2D eigenvalue weighted by Gasteiger charge is -2.14. The smallest absolute Gasteiger partial charge is 0.0595 e. The Balaban J connectivity index is 0.00000196. The maximum absolute atomic E-state index is 6.01. The predicted molar refractivity (Wildman–Crippen MR) is 70.1 cm³/mol. The van der Waals surface area contributed by atoms with Crippen LogP contribution in [-0.2, 0) is 0 Å². The van der Waals surface area contributed by atoms with E-state index < -0.39 is 0 Å². The Morgan fingerprint density at radius 2 is 1.80 bits per heavy atom. The van der Waals surface area contributed by atoms with Crippen molar-refractivity contribution in [3.63, 3.8) is 0 Å². The van der Waals surface area contributed by atoms with Gasteiger partial charge in [-0.15, -0.1) is 12.4 Å². The highest BCUT2D eigenvalue weighted by atomic mass is 35.5. The summed E-state index contributed by atoms with van der Waals surface area (Å²) in [5.41, 5.74) is 7.06. The van der Waals surface area contributed by atoms with Crippen LogP contribution in [0.5, 0.6) is 0 Å². The van der Waals surface area contributed by atoms with Crippen LogP contribution in [-0.4, -0.2) is 0 Å². The number of hydrogen-bond acceptors (Lipinski definition) is 1. The van der Waals surface area contributed by atoms with Gasteiger partial charge in [-0.05, 0) is 30.0 Å². The first kappa shape index (κ1) is 15.0. The zero-order valence-electron chi connectivity index (χ0n) is 8.84. The van der Waals surface area contributed by atoms with Crippen molar-refractivity contribution in [2.24, 2.45) is 11.7 Å². The molecule has 0 aliphatic carbocycles. The summed E-state index contributed by atoms with van der Waals surface area (Å²) in [5.74, 6) is 0.583. The van der Waals surface area contributed by atoms with Crippen molar-refractivity contribution in [2.75, 3.05) is 0 Å². The summed E-state index contributed by atoms with van der Waals surface area (Å²) in [5, 5.41) is 1.15. The van der Waals surface area contributed by atoms with Crippen LogP contribution in [0.3, 0.4) is 0 Å². The van der Waals surface area contributed by atoms with E-state index in [9.17, 15) is 0 Å². The van der Waals surface area contributed by atoms with E-state index in [1.54, 1.807) is 6.07 Å². The highest BCUT2D eigenvalue weighted by Gasteiger charge is 2.09. The molecular formula is C11H16Cl3N. The molecule has 0 bridgehead atoms. The highest BCUT2D eigenvalue weighted by Crippen LogP contribution is 2.27. The second kappa shape index (κ2) is 6.59. The van der Waals surface area contributed by atoms with Gasteiger partial charge in [0.05, 0.1) is 10.0 Å². The first-order chi connectivity index (χ1) is 6.50. The van der Waals surface area contributed by atoms with Crippen molar-refractivity contribution in [2.45, 2.75) is 26.3 Å². The number of benzene rings is 1. The molecule has 4 heteroatoms. The molecule has 0 unspecified atom stereocenters. The van der Waals surface area contributed by atoms with Crippen molar-refractivity contribution in [1.29, 1.82) is 0 Å². The van der Waals surface area contributed by atoms with Crippen LogP contribution < -0.4 is 5.73 Å². The van der Waals surface area contributed by atoms with Crippen LogP contribution in [0.25, 0.3) is 0 Å². The van der Waals surface area contributed by atoms with Crippen LogP contribution in [0.4, 0.5) is 0 Å². The Hall–Kier alpha value is 0.0500. The van der Waals surface area contributed by atoms with Gasteiger partial charge < -0.3 is 5.73 Å². The van der Waals surface area contributed by atoms with E-state index in [1.807, 2.05) is 12.1 Å². The van der Waals surface area contributed by atoms with Gasteiger partial charge in [-0.3, -0.25) is 0 Å². The van der Waals surface area contributed by atoms with E-state index in [0.717, 1.165) is 12.0 Å². The topological polar surface area (TPSA) is 26.0 Å². The Morgan fingerprint density at radius 3 is 2.27 bits per heavy atom. The quantitative estimate of drug-likeness (QED) is 0.860. The SMILES string of the molecule is CC(C)C[C@@H](N)c1ccc(Cl)c(Cl)c1.Cl. The number of hydrogen-bond donors (Lipinski definition) is 1. The summed E-state index contributed by atoms with van der Waals surface area (Å²) < 4.78 is 0. The maximum Gasteiger partial charge on any atom is 0.0595 e. The Morgan fingerprint density at radius 1 is 1.20 bits per heavy atom. The molecule has 0 spiro atoms. The van der Waals surface area contributed by atoms with Gasteiger partial charge in [0, 0.05) is 6.04 Å². The van der Waals surface area contributed by atoms with Gasteiger partial charge in [0.1, 0.15) is 0 Å². The number of nitrogens with two attached hydrogens (primary N) is 1. The van der Waals surface area contributed by atoms with Gasteiger partial charge in [-0.2, -0.15) is 0 Å². The molecule has 1 aromatic carbocycles. The summed E-state index contributed by atoms with van der Waals surface area (Å²) in [6.07, 6.45) is 0.956. The fourth-order valence-electron chi connectivity index (χ4n) is 1.39. The predicted octanol–water partition coefficient (Wildman–Crippen LogP) is 4.46. The summed E-state index contributed by atoms with van der Waals surface area (Å²) in [6, 6.07) is 5.61. The lowest BCUT2D eigenvalue weighted by atomic mass is 9.98. The zero-order chi connectivity index (χ0) is 10.7. The zero-order valence-corrected chi connectivity index (χ0v) is 11.2. The summed E-state index contributed by atoms with van der Waals surface area (Å²) in [7, 11) is 0. The van der Waals surface area contributed by atoms with E-state index in [1.165, 1.54) is 0 Å². The molecule has 0 radical (unpaired) electrons. The second-order valence-electron chi connectivity index (χ2n) is 3.91. The van der Waals surface area contributed by atoms with Crippen molar-refractivity contribution in [3.05, 3.63) is 33.8 Å². The minimum Gasteiger partial charge on any atom is -0.324 e. The Kier molecular flexibility index (Phi) is 6.62. The third kappa shape index (κ3) is 4.60. The second-order valence-corrected chi connectivity index (χ2v) is 4.72. The van der Waals surface area contributed by atoms with E-state index in [2.05, 4.69) is 13.8 Å². The first-order valence-electron chi connectivity index (χ1n) is 4.71. The summed E-state index contributed by atoms with van der Waals surface area (Å²) in [6.45, 7) is 4.30. The Labute approximate surface area is 107 Å². The molecule has 1 aromatic rings. The van der Waals surface area contributed by atoms with Crippen LogP contribution >= 0.6 is 35.6 Å². The molecule has 1 nitrogen and oxygen atoms in total. The van der Waals surface area contributed by atoms with Gasteiger partial charge >= 0.3 is 0 Å². The molecule has 0 saturated carbocycles. The van der Waals surface area contributed by atoms with Crippen molar-refractivity contribution >= 4 is 35.6 Å². The van der Waals surface area contributed by atoms with Crippen LogP contribution in [0.15, 0.2) is 18.2 Å². The van der Waals surface area contributed by atoms with E-state index >= 15 is 0 Å². The molecule has 2 N–H and O–H groups in total. The van der Waals surface area contributed by atoms with E-state index in [0.29, 0.717) is 16.0 Å². The molecular weight excluding hydrogens is 252 g/mol. The van der Waals surface area contributed by atoms with Crippen molar-refractivity contribution in [3.8, 4) is 0 Å². The summed E-state index contributed by atoms with van der Waals surface area (Å²) in [4.78, 5) is 0. The molecule has 1 rings (SSSR count). The third-order valence-corrected chi connectivity index (χ3v) is 2.84. The van der Waals surface area contributed by atoms with E-state index in [-0.39, 0.29) is 18.4 Å². The molecule has 0 fully saturated rings. The Bertz CT molecular complexity index is 313. The number of halogens is 3. The molecule has 86 valence electrons. The number of rotatable bonds is 3. The van der Waals surface area contributed by atoms with Gasteiger partial charge in [0.15, 0.2) is 0 Å². The van der Waals surface area contributed by atoms with E-state index in [4.69, 9.17) is 28.9 Å². The van der Waals surface area contributed by atoms with Crippen molar-refractivity contribution < 1.29 is 0 Å². The fraction of sp³-hybridized carbons (Fsp3) is 0.455. The average Bonchev–Trinajstić information content (AvgIpc) is 2.08. The lowest BCUT2D eigenvalue weighted by Crippen LogP contribution is -2.12. The molecule has 0 amide bonds. The van der Waals surface area contributed by atoms with Crippen LogP contribution in [0, 0.1) is 5.92 Å². The molecule has 0 aliphatic heterocycles. The maximum atomic E-state index is 6.01. The van der Waals surface area contributed by atoms with Gasteiger partial charge in [0.2, 0.25) is 0 Å². The van der Waals surface area contributed by atoms with Crippen molar-refractivity contribution in [1.82, 2.24) is 0 Å². The first-order valence-corrected chi connectivity index (χ1v) is 5.47. The molecule has 0 aromatic heterocycles. The monoisotopic (exact) mass is 267 g/mol. The molecule has 15 heavy (non-hydrogen) atoms. The van der Waals surface area contributed by atoms with Gasteiger partial charge in [-0.1, -0.05) is 43.1 Å². The average molecular weight is 269 g/mol. The minimum atomic E-state index is 0. The molecule has 0 aliphatic rings. The standard InChI is InChI=1S/C11H15Cl2N.ClH/c1-7(2)5-11(14)8-3-4-9(12)10(13)6-8;/h3-4,6-7,11H,5,14H2,1-2H3;1H/t11-;/m1./s1. The minimum absolute atomic E-state index is 0. The summed E-state index contributed by atoms with van der Waals surface area (Å²) >= 11 is 11.7. The molecule has 0 heterocycles. The normalized spacial score (nSPS) is 12.4. The van der Waals surface area contributed by atoms with Gasteiger partial charge in [0.25, 0.3) is 0 Å². The highest BCUT2D eigenvalue weighted by molar-refractivity contribution is 6.42. The molecule has 1 atom stereocenters. The third-order valence-electron chi connectivity index (χ3n) is 2.10. The van der Waals surface area contributed by atoms with Gasteiger partial charge in [-0.25, -0.2) is 0 Å². The lowest BCUT2D eigenvalue weighted by molar-refractivity contribution is 0.510. The van der Waals surface area contributed by atoms with Crippen LogP contribution in [0.1, 0.15) is 31.9 Å². The van der Waals surface area contributed by atoms with Crippen LogP contribution in [0.2, 0.25) is 10.0 Å². The largest absolute Gasteiger partial charge is 0.324 e.